The quantitative estimate of drug-likeness (QED) is 0.803. The molecule has 1 saturated heterocycles. The van der Waals surface area contributed by atoms with Gasteiger partial charge in [0.15, 0.2) is 5.15 Å². The first-order valence-corrected chi connectivity index (χ1v) is 7.16. The minimum Gasteiger partial charge on any atom is -0.255 e. The van der Waals surface area contributed by atoms with Crippen LogP contribution in [0.5, 0.6) is 0 Å². The Kier molecular flexibility index (Phi) is 3.14. The second-order valence-corrected chi connectivity index (χ2v) is 6.06. The van der Waals surface area contributed by atoms with Gasteiger partial charge in [0.25, 0.3) is 0 Å². The summed E-state index contributed by atoms with van der Waals surface area (Å²) in [7, 11) is -3.21. The molecule has 7 heteroatoms. The van der Waals surface area contributed by atoms with Crippen LogP contribution in [0.25, 0.3) is 0 Å². The predicted octanol–water partition coefficient (Wildman–Crippen LogP) is 1.23. The van der Waals surface area contributed by atoms with Crippen LogP contribution < -0.4 is 0 Å². The Morgan fingerprint density at radius 1 is 1.44 bits per heavy atom. The molecule has 0 radical (unpaired) electrons. The van der Waals surface area contributed by atoms with Crippen molar-refractivity contribution in [3.63, 3.8) is 0 Å². The zero-order chi connectivity index (χ0) is 11.8. The highest BCUT2D eigenvalue weighted by Gasteiger charge is 2.34. The fourth-order valence-corrected chi connectivity index (χ4v) is 3.33. The van der Waals surface area contributed by atoms with Crippen LogP contribution in [0.4, 0.5) is 0 Å². The lowest BCUT2D eigenvalue weighted by Crippen LogP contribution is -2.30. The lowest BCUT2D eigenvalue weighted by molar-refractivity contribution is 0.393. The van der Waals surface area contributed by atoms with Gasteiger partial charge in [-0.05, 0) is 12.8 Å². The number of hydrogen-bond donors (Lipinski definition) is 0. The molecule has 0 aromatic carbocycles. The van der Waals surface area contributed by atoms with Crippen molar-refractivity contribution in [1.82, 2.24) is 14.3 Å². The minimum atomic E-state index is -3.21. The van der Waals surface area contributed by atoms with Crippen LogP contribution in [-0.2, 0) is 10.0 Å². The smallest absolute Gasteiger partial charge is 0.211 e. The number of sulfonamides is 1. The van der Waals surface area contributed by atoms with E-state index in [2.05, 4.69) is 9.97 Å². The highest BCUT2D eigenvalue weighted by Crippen LogP contribution is 2.34. The van der Waals surface area contributed by atoms with Crippen LogP contribution in [0.15, 0.2) is 12.4 Å². The molecular formula is C9H12ClN3O2S. The molecule has 0 amide bonds. The molecule has 1 aliphatic rings. The first-order chi connectivity index (χ1) is 7.50. The summed E-state index contributed by atoms with van der Waals surface area (Å²) < 4.78 is 24.6. The lowest BCUT2D eigenvalue weighted by atomic mass is 10.2. The van der Waals surface area contributed by atoms with E-state index in [1.807, 2.05) is 0 Å². The van der Waals surface area contributed by atoms with Crippen molar-refractivity contribution >= 4 is 21.6 Å². The average molecular weight is 262 g/mol. The van der Waals surface area contributed by atoms with Gasteiger partial charge in [0.2, 0.25) is 10.0 Å². The zero-order valence-electron chi connectivity index (χ0n) is 8.80. The van der Waals surface area contributed by atoms with Crippen molar-refractivity contribution in [3.8, 4) is 0 Å². The molecule has 1 atom stereocenters. The van der Waals surface area contributed by atoms with Gasteiger partial charge in [-0.15, -0.1) is 0 Å². The van der Waals surface area contributed by atoms with E-state index in [4.69, 9.17) is 11.6 Å². The number of halogens is 1. The molecule has 1 aromatic rings. The van der Waals surface area contributed by atoms with E-state index in [0.29, 0.717) is 12.2 Å². The molecule has 16 heavy (non-hydrogen) atoms. The van der Waals surface area contributed by atoms with Crippen molar-refractivity contribution in [2.45, 2.75) is 18.9 Å². The van der Waals surface area contributed by atoms with Crippen molar-refractivity contribution in [3.05, 3.63) is 23.2 Å². The van der Waals surface area contributed by atoms with E-state index in [1.54, 1.807) is 0 Å². The number of aromatic nitrogens is 2. The molecule has 0 spiro atoms. The van der Waals surface area contributed by atoms with E-state index in [0.717, 1.165) is 12.8 Å². The third-order valence-electron chi connectivity index (χ3n) is 2.62. The summed E-state index contributed by atoms with van der Waals surface area (Å²) in [6.45, 7) is 0.524. The van der Waals surface area contributed by atoms with Crippen LogP contribution in [0.3, 0.4) is 0 Å². The maximum Gasteiger partial charge on any atom is 0.211 e. The average Bonchev–Trinajstić information content (AvgIpc) is 2.66. The van der Waals surface area contributed by atoms with Gasteiger partial charge in [-0.1, -0.05) is 11.6 Å². The normalized spacial score (nSPS) is 22.5. The van der Waals surface area contributed by atoms with Crippen LogP contribution in [-0.4, -0.2) is 35.5 Å². The summed E-state index contributed by atoms with van der Waals surface area (Å²) in [5, 5.41) is 0.281. The van der Waals surface area contributed by atoms with Crippen molar-refractivity contribution in [2.75, 3.05) is 12.8 Å². The van der Waals surface area contributed by atoms with Crippen molar-refractivity contribution in [2.24, 2.45) is 0 Å². The van der Waals surface area contributed by atoms with E-state index in [1.165, 1.54) is 23.0 Å². The molecule has 1 aliphatic heterocycles. The summed E-state index contributed by atoms with van der Waals surface area (Å²) in [6, 6.07) is -0.267. The van der Waals surface area contributed by atoms with Gasteiger partial charge >= 0.3 is 0 Å². The topological polar surface area (TPSA) is 63.2 Å². The Bertz CT molecular complexity index is 491. The van der Waals surface area contributed by atoms with Gasteiger partial charge in [0.05, 0.1) is 18.0 Å². The van der Waals surface area contributed by atoms with Crippen molar-refractivity contribution < 1.29 is 8.42 Å². The molecule has 0 bridgehead atoms. The highest BCUT2D eigenvalue weighted by molar-refractivity contribution is 7.88. The van der Waals surface area contributed by atoms with Gasteiger partial charge in [-0.3, -0.25) is 4.98 Å². The zero-order valence-corrected chi connectivity index (χ0v) is 10.4. The summed E-state index contributed by atoms with van der Waals surface area (Å²) in [5.74, 6) is 0. The fraction of sp³-hybridized carbons (Fsp3) is 0.556. The summed E-state index contributed by atoms with van der Waals surface area (Å²) in [4.78, 5) is 8.05. The standard InChI is InChI=1S/C9H12ClN3O2S/c1-16(14,15)13-6-2-3-7(13)8-9(10)12-5-4-11-8/h4-5,7H,2-3,6H2,1H3/t7-/m1/s1. The molecule has 2 rings (SSSR count). The largest absolute Gasteiger partial charge is 0.255 e. The van der Waals surface area contributed by atoms with Gasteiger partial charge in [-0.2, -0.15) is 4.31 Å². The Morgan fingerprint density at radius 2 is 2.12 bits per heavy atom. The Morgan fingerprint density at radius 3 is 2.75 bits per heavy atom. The molecule has 0 N–H and O–H groups in total. The Balaban J connectivity index is 2.38. The Labute approximate surface area is 99.5 Å². The second-order valence-electron chi connectivity index (χ2n) is 3.76. The molecule has 1 aromatic heterocycles. The van der Waals surface area contributed by atoms with E-state index < -0.39 is 10.0 Å². The van der Waals surface area contributed by atoms with Crippen LogP contribution in [0, 0.1) is 0 Å². The summed E-state index contributed by atoms with van der Waals surface area (Å²) in [6.07, 6.45) is 5.79. The van der Waals surface area contributed by atoms with E-state index in [-0.39, 0.29) is 11.2 Å². The highest BCUT2D eigenvalue weighted by atomic mass is 35.5. The molecular weight excluding hydrogens is 250 g/mol. The monoisotopic (exact) mass is 261 g/mol. The number of hydrogen-bond acceptors (Lipinski definition) is 4. The summed E-state index contributed by atoms with van der Waals surface area (Å²) in [5.41, 5.74) is 0.548. The number of rotatable bonds is 2. The first kappa shape index (κ1) is 11.8. The summed E-state index contributed by atoms with van der Waals surface area (Å²) >= 11 is 5.92. The van der Waals surface area contributed by atoms with E-state index in [9.17, 15) is 8.42 Å². The van der Waals surface area contributed by atoms with E-state index >= 15 is 0 Å². The molecule has 2 heterocycles. The third-order valence-corrected chi connectivity index (χ3v) is 4.21. The third kappa shape index (κ3) is 2.18. The lowest BCUT2D eigenvalue weighted by Gasteiger charge is -2.21. The SMILES string of the molecule is CS(=O)(=O)N1CCC[C@@H]1c1nccnc1Cl. The molecule has 0 unspecified atom stereocenters. The van der Waals surface area contributed by atoms with Gasteiger partial charge in [-0.25, -0.2) is 13.4 Å². The molecule has 88 valence electrons. The molecule has 0 saturated carbocycles. The van der Waals surface area contributed by atoms with Crippen LogP contribution in [0.1, 0.15) is 24.6 Å². The first-order valence-electron chi connectivity index (χ1n) is 4.93. The minimum absolute atomic E-state index is 0.267. The van der Waals surface area contributed by atoms with Crippen molar-refractivity contribution in [1.29, 1.82) is 0 Å². The Hall–Kier alpha value is -0.720. The fourth-order valence-electron chi connectivity index (χ4n) is 1.97. The maximum atomic E-state index is 11.6. The molecule has 5 nitrogen and oxygen atoms in total. The van der Waals surface area contributed by atoms with Gasteiger partial charge in [0.1, 0.15) is 0 Å². The molecule has 1 fully saturated rings. The van der Waals surface area contributed by atoms with Gasteiger partial charge < -0.3 is 0 Å². The second kappa shape index (κ2) is 4.27. The maximum absolute atomic E-state index is 11.6. The molecule has 0 aliphatic carbocycles. The number of nitrogens with zero attached hydrogens (tertiary/aromatic N) is 3. The van der Waals surface area contributed by atoms with Gasteiger partial charge in [0, 0.05) is 18.9 Å². The predicted molar refractivity (Wildman–Crippen MR) is 60.6 cm³/mol. The van der Waals surface area contributed by atoms with Crippen LogP contribution >= 0.6 is 11.6 Å². The van der Waals surface area contributed by atoms with Crippen LogP contribution in [0.2, 0.25) is 5.15 Å².